The predicted molar refractivity (Wildman–Crippen MR) is 71.3 cm³/mol. The number of hydrogen-bond donors (Lipinski definition) is 1. The second kappa shape index (κ2) is 5.42. The predicted octanol–water partition coefficient (Wildman–Crippen LogP) is 1.60. The van der Waals surface area contributed by atoms with E-state index in [1.54, 1.807) is 18.2 Å². The van der Waals surface area contributed by atoms with Gasteiger partial charge in [0.2, 0.25) is 11.7 Å². The van der Waals surface area contributed by atoms with Gasteiger partial charge in [-0.3, -0.25) is 0 Å². The first-order valence-electron chi connectivity index (χ1n) is 6.51. The van der Waals surface area contributed by atoms with Crippen molar-refractivity contribution in [2.45, 2.75) is 12.3 Å². The summed E-state index contributed by atoms with van der Waals surface area (Å²) < 4.78 is 10.0. The quantitative estimate of drug-likeness (QED) is 0.856. The van der Waals surface area contributed by atoms with Gasteiger partial charge >= 0.3 is 5.97 Å². The minimum atomic E-state index is -0.379. The van der Waals surface area contributed by atoms with Crippen molar-refractivity contribution in [2.75, 3.05) is 20.2 Å². The van der Waals surface area contributed by atoms with Crippen molar-refractivity contribution in [1.82, 2.24) is 15.5 Å². The van der Waals surface area contributed by atoms with E-state index in [9.17, 15) is 4.79 Å². The summed E-state index contributed by atoms with van der Waals surface area (Å²) >= 11 is 0. The van der Waals surface area contributed by atoms with E-state index in [1.807, 2.05) is 6.07 Å². The number of benzene rings is 1. The van der Waals surface area contributed by atoms with E-state index in [2.05, 4.69) is 15.5 Å². The number of rotatable bonds is 3. The molecule has 1 aliphatic rings. The standard InChI is InChI=1S/C14H15N3O3/c1-19-14(18)10-4-2-3-9(7-10)12-16-13(20-17-12)11-5-6-15-8-11/h2-4,7,11,15H,5-6,8H2,1H3/t11-/m1/s1. The molecule has 1 saturated heterocycles. The highest BCUT2D eigenvalue weighted by atomic mass is 16.5. The van der Waals surface area contributed by atoms with Crippen LogP contribution in [0.25, 0.3) is 11.4 Å². The lowest BCUT2D eigenvalue weighted by molar-refractivity contribution is 0.0601. The number of esters is 1. The number of nitrogens with one attached hydrogen (secondary N) is 1. The minimum absolute atomic E-state index is 0.278. The van der Waals surface area contributed by atoms with E-state index in [-0.39, 0.29) is 11.9 Å². The van der Waals surface area contributed by atoms with Gasteiger partial charge in [0.15, 0.2) is 0 Å². The summed E-state index contributed by atoms with van der Waals surface area (Å²) in [6, 6.07) is 7.01. The SMILES string of the molecule is COC(=O)c1cccc(-c2noc([C@@H]3CCNC3)n2)c1. The van der Waals surface area contributed by atoms with E-state index >= 15 is 0 Å². The van der Waals surface area contributed by atoms with Crippen LogP contribution in [0.1, 0.15) is 28.6 Å². The molecule has 0 unspecified atom stereocenters. The van der Waals surface area contributed by atoms with Crippen LogP contribution in [0.5, 0.6) is 0 Å². The van der Waals surface area contributed by atoms with Gasteiger partial charge in [-0.05, 0) is 25.1 Å². The van der Waals surface area contributed by atoms with Crippen molar-refractivity contribution in [3.05, 3.63) is 35.7 Å². The van der Waals surface area contributed by atoms with Crippen molar-refractivity contribution in [3.63, 3.8) is 0 Å². The summed E-state index contributed by atoms with van der Waals surface area (Å²) in [4.78, 5) is 15.9. The zero-order valence-electron chi connectivity index (χ0n) is 11.1. The maximum Gasteiger partial charge on any atom is 0.337 e. The molecular weight excluding hydrogens is 258 g/mol. The zero-order valence-corrected chi connectivity index (χ0v) is 11.1. The van der Waals surface area contributed by atoms with Crippen LogP contribution >= 0.6 is 0 Å². The molecule has 6 nitrogen and oxygen atoms in total. The molecule has 2 aromatic rings. The minimum Gasteiger partial charge on any atom is -0.465 e. The Morgan fingerprint density at radius 3 is 3.15 bits per heavy atom. The Morgan fingerprint density at radius 2 is 2.40 bits per heavy atom. The molecule has 104 valence electrons. The van der Waals surface area contributed by atoms with Gasteiger partial charge in [0.1, 0.15) is 0 Å². The van der Waals surface area contributed by atoms with Crippen LogP contribution in [0.15, 0.2) is 28.8 Å². The van der Waals surface area contributed by atoms with E-state index < -0.39 is 0 Å². The van der Waals surface area contributed by atoms with Crippen molar-refractivity contribution in [2.24, 2.45) is 0 Å². The van der Waals surface area contributed by atoms with Crippen LogP contribution in [0.3, 0.4) is 0 Å². The number of aromatic nitrogens is 2. The molecule has 0 spiro atoms. The lowest BCUT2D eigenvalue weighted by Gasteiger charge is -2.00. The Morgan fingerprint density at radius 1 is 1.50 bits per heavy atom. The molecule has 0 amide bonds. The van der Waals surface area contributed by atoms with Crippen LogP contribution in [0.4, 0.5) is 0 Å². The summed E-state index contributed by atoms with van der Waals surface area (Å²) in [5.41, 5.74) is 1.22. The summed E-state index contributed by atoms with van der Waals surface area (Å²) in [5.74, 6) is 1.04. The third-order valence-corrected chi connectivity index (χ3v) is 3.39. The molecule has 0 aliphatic carbocycles. The fourth-order valence-corrected chi connectivity index (χ4v) is 2.29. The number of carbonyl (C=O) groups is 1. The molecule has 1 aromatic heterocycles. The molecule has 0 saturated carbocycles. The van der Waals surface area contributed by atoms with E-state index in [0.717, 1.165) is 25.1 Å². The molecule has 20 heavy (non-hydrogen) atoms. The maximum absolute atomic E-state index is 11.5. The highest BCUT2D eigenvalue weighted by Gasteiger charge is 2.23. The van der Waals surface area contributed by atoms with Crippen LogP contribution < -0.4 is 5.32 Å². The molecule has 1 aromatic carbocycles. The summed E-state index contributed by atoms with van der Waals surface area (Å²) in [6.07, 6.45) is 1.00. The molecule has 1 fully saturated rings. The van der Waals surface area contributed by atoms with Crippen LogP contribution in [-0.2, 0) is 4.74 Å². The monoisotopic (exact) mass is 273 g/mol. The van der Waals surface area contributed by atoms with E-state index in [4.69, 9.17) is 9.26 Å². The fourth-order valence-electron chi connectivity index (χ4n) is 2.29. The number of nitrogens with zero attached hydrogens (tertiary/aromatic N) is 2. The molecule has 1 aliphatic heterocycles. The summed E-state index contributed by atoms with van der Waals surface area (Å²) in [5, 5.41) is 7.25. The van der Waals surface area contributed by atoms with Gasteiger partial charge in [-0.2, -0.15) is 4.98 Å². The molecule has 1 N–H and O–H groups in total. The van der Waals surface area contributed by atoms with Gasteiger partial charge in [-0.25, -0.2) is 4.79 Å². The second-order valence-electron chi connectivity index (χ2n) is 4.72. The topological polar surface area (TPSA) is 77.2 Å². The fraction of sp³-hybridized carbons (Fsp3) is 0.357. The summed E-state index contributed by atoms with van der Waals surface area (Å²) in [6.45, 7) is 1.84. The lowest BCUT2D eigenvalue weighted by Crippen LogP contribution is -2.08. The van der Waals surface area contributed by atoms with Gasteiger partial charge < -0.3 is 14.6 Å². The smallest absolute Gasteiger partial charge is 0.337 e. The Hall–Kier alpha value is -2.21. The third-order valence-electron chi connectivity index (χ3n) is 3.39. The molecule has 3 rings (SSSR count). The molecule has 1 atom stereocenters. The highest BCUT2D eigenvalue weighted by molar-refractivity contribution is 5.90. The average Bonchev–Trinajstić information content (AvgIpc) is 3.17. The van der Waals surface area contributed by atoms with Crippen LogP contribution in [-0.4, -0.2) is 36.3 Å². The van der Waals surface area contributed by atoms with Gasteiger partial charge in [0.05, 0.1) is 18.6 Å². The lowest BCUT2D eigenvalue weighted by atomic mass is 10.1. The van der Waals surface area contributed by atoms with Crippen LogP contribution in [0, 0.1) is 0 Å². The van der Waals surface area contributed by atoms with E-state index in [0.29, 0.717) is 17.3 Å². The van der Waals surface area contributed by atoms with Gasteiger partial charge in [0.25, 0.3) is 0 Å². The van der Waals surface area contributed by atoms with E-state index in [1.165, 1.54) is 7.11 Å². The Kier molecular flexibility index (Phi) is 3.47. The van der Waals surface area contributed by atoms with Gasteiger partial charge in [-0.15, -0.1) is 0 Å². The molecule has 0 bridgehead atoms. The number of ether oxygens (including phenoxy) is 1. The summed E-state index contributed by atoms with van der Waals surface area (Å²) in [7, 11) is 1.36. The Bertz CT molecular complexity index is 618. The molecule has 2 heterocycles. The number of methoxy groups -OCH3 is 1. The Labute approximate surface area is 116 Å². The largest absolute Gasteiger partial charge is 0.465 e. The third kappa shape index (κ3) is 2.42. The Balaban J connectivity index is 1.87. The second-order valence-corrected chi connectivity index (χ2v) is 4.72. The zero-order chi connectivity index (χ0) is 13.9. The first-order chi connectivity index (χ1) is 9.78. The number of hydrogen-bond acceptors (Lipinski definition) is 6. The first kappa shape index (κ1) is 12.8. The average molecular weight is 273 g/mol. The maximum atomic E-state index is 11.5. The van der Waals surface area contributed by atoms with Gasteiger partial charge in [-0.1, -0.05) is 17.3 Å². The van der Waals surface area contributed by atoms with Crippen molar-refractivity contribution >= 4 is 5.97 Å². The van der Waals surface area contributed by atoms with Crippen LogP contribution in [0.2, 0.25) is 0 Å². The normalized spacial score (nSPS) is 18.1. The highest BCUT2D eigenvalue weighted by Crippen LogP contribution is 2.24. The van der Waals surface area contributed by atoms with Crippen molar-refractivity contribution < 1.29 is 14.1 Å². The molecular formula is C14H15N3O3. The number of carbonyl (C=O) groups excluding carboxylic acids is 1. The van der Waals surface area contributed by atoms with Crippen molar-refractivity contribution in [1.29, 1.82) is 0 Å². The van der Waals surface area contributed by atoms with Crippen molar-refractivity contribution in [3.8, 4) is 11.4 Å². The molecule has 6 heteroatoms. The van der Waals surface area contributed by atoms with Gasteiger partial charge in [0, 0.05) is 12.1 Å². The first-order valence-corrected chi connectivity index (χ1v) is 6.51. The molecule has 0 radical (unpaired) electrons.